The van der Waals surface area contributed by atoms with E-state index >= 15 is 0 Å². The molecule has 1 amide bonds. The number of piperazine rings is 1. The molecule has 33 heavy (non-hydrogen) atoms. The number of carbonyl (C=O) groups is 1. The Hall–Kier alpha value is -3.82. The minimum atomic E-state index is 0.117. The van der Waals surface area contributed by atoms with Crippen molar-refractivity contribution < 1.29 is 19.0 Å². The second-order valence-electron chi connectivity index (χ2n) is 7.63. The van der Waals surface area contributed by atoms with Gasteiger partial charge < -0.3 is 24.0 Å². The third-order valence-corrected chi connectivity index (χ3v) is 5.72. The Bertz CT molecular complexity index is 1050. The lowest BCUT2D eigenvalue weighted by atomic mass is 10.1. The predicted octanol–water partition coefficient (Wildman–Crippen LogP) is 1.97. The Kier molecular flexibility index (Phi) is 6.92. The van der Waals surface area contributed by atoms with Crippen molar-refractivity contribution in [3.8, 4) is 22.9 Å². The van der Waals surface area contributed by atoms with E-state index in [2.05, 4.69) is 20.4 Å². The number of para-hydroxylation sites is 1. The Balaban J connectivity index is 1.35. The van der Waals surface area contributed by atoms with Crippen LogP contribution in [0.1, 0.15) is 12.0 Å². The van der Waals surface area contributed by atoms with Gasteiger partial charge in [-0.05, 0) is 46.7 Å². The summed E-state index contributed by atoms with van der Waals surface area (Å²) in [5, 5.41) is 12.2. The van der Waals surface area contributed by atoms with Gasteiger partial charge in [-0.1, -0.05) is 23.3 Å². The van der Waals surface area contributed by atoms with Crippen molar-refractivity contribution in [2.75, 3.05) is 52.4 Å². The van der Waals surface area contributed by atoms with Crippen LogP contribution >= 0.6 is 0 Å². The lowest BCUT2D eigenvalue weighted by molar-refractivity contribution is -0.131. The van der Waals surface area contributed by atoms with Crippen LogP contribution in [0.25, 0.3) is 5.69 Å². The minimum Gasteiger partial charge on any atom is -0.493 e. The van der Waals surface area contributed by atoms with E-state index in [1.165, 1.54) is 0 Å². The largest absolute Gasteiger partial charge is 0.493 e. The van der Waals surface area contributed by atoms with Gasteiger partial charge in [-0.3, -0.25) is 4.79 Å². The number of amides is 1. The first kappa shape index (κ1) is 22.4. The molecule has 10 heteroatoms. The summed E-state index contributed by atoms with van der Waals surface area (Å²) >= 11 is 0. The van der Waals surface area contributed by atoms with Gasteiger partial charge in [0.1, 0.15) is 0 Å². The van der Waals surface area contributed by atoms with Crippen molar-refractivity contribution in [2.45, 2.75) is 12.8 Å². The maximum Gasteiger partial charge on any atom is 0.250 e. The number of nitrogens with zero attached hydrogens (tertiary/aromatic N) is 6. The molecule has 0 radical (unpaired) electrons. The molecule has 0 atom stereocenters. The summed E-state index contributed by atoms with van der Waals surface area (Å²) in [6.07, 6.45) is 0.988. The van der Waals surface area contributed by atoms with Crippen LogP contribution in [0.5, 0.6) is 17.2 Å². The summed E-state index contributed by atoms with van der Waals surface area (Å²) in [6, 6.07) is 13.5. The molecule has 0 N–H and O–H groups in total. The lowest BCUT2D eigenvalue weighted by Gasteiger charge is -2.34. The van der Waals surface area contributed by atoms with E-state index in [1.807, 2.05) is 47.4 Å². The number of tetrazole rings is 1. The Labute approximate surface area is 192 Å². The highest BCUT2D eigenvalue weighted by atomic mass is 16.5. The van der Waals surface area contributed by atoms with Crippen LogP contribution in [0.3, 0.4) is 0 Å². The van der Waals surface area contributed by atoms with Crippen LogP contribution in [-0.2, 0) is 11.2 Å². The number of hydrogen-bond donors (Lipinski definition) is 0. The first-order valence-corrected chi connectivity index (χ1v) is 10.8. The number of ether oxygens (including phenoxy) is 3. The van der Waals surface area contributed by atoms with Gasteiger partial charge in [-0.15, -0.1) is 0 Å². The van der Waals surface area contributed by atoms with Crippen molar-refractivity contribution in [3.05, 3.63) is 48.0 Å². The molecule has 10 nitrogen and oxygen atoms in total. The van der Waals surface area contributed by atoms with E-state index in [0.29, 0.717) is 62.2 Å². The number of anilines is 1. The third kappa shape index (κ3) is 4.84. The molecule has 0 spiro atoms. The van der Waals surface area contributed by atoms with Crippen LogP contribution in [-0.4, -0.2) is 78.5 Å². The zero-order valence-corrected chi connectivity index (χ0v) is 19.1. The fraction of sp³-hybridized carbons (Fsp3) is 0.391. The van der Waals surface area contributed by atoms with Crippen LogP contribution in [0.15, 0.2) is 42.5 Å². The molecule has 0 aliphatic carbocycles. The number of hydrogen-bond acceptors (Lipinski definition) is 8. The molecule has 1 aliphatic heterocycles. The second-order valence-corrected chi connectivity index (χ2v) is 7.63. The first-order chi connectivity index (χ1) is 16.1. The van der Waals surface area contributed by atoms with Crippen LogP contribution in [0.4, 0.5) is 5.95 Å². The molecule has 1 aliphatic rings. The molecule has 1 saturated heterocycles. The van der Waals surface area contributed by atoms with Gasteiger partial charge in [0.2, 0.25) is 17.6 Å². The van der Waals surface area contributed by atoms with Crippen molar-refractivity contribution in [2.24, 2.45) is 0 Å². The summed E-state index contributed by atoms with van der Waals surface area (Å²) in [4.78, 5) is 16.9. The van der Waals surface area contributed by atoms with Crippen LogP contribution < -0.4 is 19.1 Å². The van der Waals surface area contributed by atoms with Crippen molar-refractivity contribution in [3.63, 3.8) is 0 Å². The van der Waals surface area contributed by atoms with E-state index in [1.54, 1.807) is 26.0 Å². The number of benzene rings is 2. The highest BCUT2D eigenvalue weighted by Crippen LogP contribution is 2.38. The third-order valence-electron chi connectivity index (χ3n) is 5.72. The molecule has 1 fully saturated rings. The minimum absolute atomic E-state index is 0.117. The van der Waals surface area contributed by atoms with Gasteiger partial charge in [0.25, 0.3) is 0 Å². The van der Waals surface area contributed by atoms with Crippen molar-refractivity contribution in [1.29, 1.82) is 0 Å². The zero-order chi connectivity index (χ0) is 23.2. The van der Waals surface area contributed by atoms with Gasteiger partial charge in [0, 0.05) is 32.6 Å². The fourth-order valence-electron chi connectivity index (χ4n) is 3.96. The molecule has 0 saturated carbocycles. The van der Waals surface area contributed by atoms with Crippen molar-refractivity contribution >= 4 is 11.9 Å². The van der Waals surface area contributed by atoms with Gasteiger partial charge >= 0.3 is 0 Å². The maximum atomic E-state index is 12.9. The number of aromatic nitrogens is 4. The summed E-state index contributed by atoms with van der Waals surface area (Å²) in [7, 11) is 4.74. The summed E-state index contributed by atoms with van der Waals surface area (Å²) in [5.74, 6) is 2.52. The molecule has 2 heterocycles. The molecule has 0 unspecified atom stereocenters. The lowest BCUT2D eigenvalue weighted by Crippen LogP contribution is -2.49. The summed E-state index contributed by atoms with van der Waals surface area (Å²) in [5.41, 5.74) is 1.86. The Morgan fingerprint density at radius 2 is 1.61 bits per heavy atom. The average molecular weight is 453 g/mol. The quantitative estimate of drug-likeness (QED) is 0.512. The van der Waals surface area contributed by atoms with E-state index in [4.69, 9.17) is 14.2 Å². The molecular formula is C23H28N6O4. The molecule has 3 aromatic rings. The molecule has 0 bridgehead atoms. The zero-order valence-electron chi connectivity index (χ0n) is 19.1. The van der Waals surface area contributed by atoms with Crippen LogP contribution in [0, 0.1) is 0 Å². The second kappa shape index (κ2) is 10.2. The predicted molar refractivity (Wildman–Crippen MR) is 122 cm³/mol. The molecule has 4 rings (SSSR count). The van der Waals surface area contributed by atoms with Gasteiger partial charge in [-0.2, -0.15) is 4.68 Å². The van der Waals surface area contributed by atoms with E-state index < -0.39 is 0 Å². The van der Waals surface area contributed by atoms with Gasteiger partial charge in [0.15, 0.2) is 11.5 Å². The highest BCUT2D eigenvalue weighted by molar-refractivity contribution is 5.77. The normalized spacial score (nSPS) is 13.7. The Morgan fingerprint density at radius 3 is 2.21 bits per heavy atom. The van der Waals surface area contributed by atoms with Gasteiger partial charge in [-0.25, -0.2) is 0 Å². The summed E-state index contributed by atoms with van der Waals surface area (Å²) in [6.45, 7) is 2.58. The fourth-order valence-corrected chi connectivity index (χ4v) is 3.96. The average Bonchev–Trinajstić information content (AvgIpc) is 3.37. The van der Waals surface area contributed by atoms with Crippen molar-refractivity contribution in [1.82, 2.24) is 25.1 Å². The SMILES string of the molecule is COc1cc(CCC(=O)N2CCN(c3nnnn3-c3ccccc3)CC2)cc(OC)c1OC. The highest BCUT2D eigenvalue weighted by Gasteiger charge is 2.25. The van der Waals surface area contributed by atoms with E-state index in [0.717, 1.165) is 11.3 Å². The number of methoxy groups -OCH3 is 3. The smallest absolute Gasteiger partial charge is 0.250 e. The van der Waals surface area contributed by atoms with E-state index in [-0.39, 0.29) is 5.91 Å². The standard InChI is InChI=1S/C23H28N6O4/c1-31-19-15-17(16-20(32-2)22(19)33-3)9-10-21(30)27-11-13-28(14-12-27)23-24-25-26-29(23)18-7-5-4-6-8-18/h4-8,15-16H,9-14H2,1-3H3. The monoisotopic (exact) mass is 452 g/mol. The van der Waals surface area contributed by atoms with Gasteiger partial charge in [0.05, 0.1) is 27.0 Å². The van der Waals surface area contributed by atoms with Crippen LogP contribution in [0.2, 0.25) is 0 Å². The Morgan fingerprint density at radius 1 is 0.939 bits per heavy atom. The molecular weight excluding hydrogens is 424 g/mol. The number of rotatable bonds is 8. The summed E-state index contributed by atoms with van der Waals surface area (Å²) < 4.78 is 17.9. The number of carbonyl (C=O) groups excluding carboxylic acids is 1. The molecule has 174 valence electrons. The maximum absolute atomic E-state index is 12.9. The molecule has 2 aromatic carbocycles. The van der Waals surface area contributed by atoms with E-state index in [9.17, 15) is 4.79 Å². The first-order valence-electron chi connectivity index (χ1n) is 10.8. The topological polar surface area (TPSA) is 94.8 Å². The molecule has 1 aromatic heterocycles. The number of aryl methyl sites for hydroxylation is 1.